The van der Waals surface area contributed by atoms with E-state index in [0.29, 0.717) is 6.54 Å². The van der Waals surface area contributed by atoms with E-state index in [-0.39, 0.29) is 17.9 Å². The molecule has 0 fully saturated rings. The molecule has 31 heavy (non-hydrogen) atoms. The van der Waals surface area contributed by atoms with Crippen molar-refractivity contribution < 1.29 is 9.53 Å². The first-order chi connectivity index (χ1) is 15.0. The number of hydrogen-bond acceptors (Lipinski definition) is 7. The molecule has 0 saturated heterocycles. The fourth-order valence-corrected chi connectivity index (χ4v) is 5.63. The Balaban J connectivity index is 1.49. The van der Waals surface area contributed by atoms with E-state index in [4.69, 9.17) is 4.74 Å². The van der Waals surface area contributed by atoms with Gasteiger partial charge in [-0.15, -0.1) is 11.3 Å². The van der Waals surface area contributed by atoms with Crippen molar-refractivity contribution in [1.29, 1.82) is 0 Å². The van der Waals surface area contributed by atoms with Crippen molar-refractivity contribution in [2.24, 2.45) is 10.9 Å². The average molecular weight is 436 g/mol. The molecule has 0 spiro atoms. The Morgan fingerprint density at radius 3 is 2.97 bits per heavy atom. The number of carbonyl (C=O) groups excluding carboxylic acids is 1. The number of fused-ring (bicyclic) bond motifs is 4. The summed E-state index contributed by atoms with van der Waals surface area (Å²) in [4.78, 5) is 28.2. The Hall–Kier alpha value is -3.00. The van der Waals surface area contributed by atoms with Crippen LogP contribution in [-0.4, -0.2) is 35.2 Å². The highest BCUT2D eigenvalue weighted by atomic mass is 32.1. The van der Waals surface area contributed by atoms with Crippen LogP contribution in [0.4, 0.5) is 11.5 Å². The molecule has 1 unspecified atom stereocenters. The molecule has 1 aromatic carbocycles. The third-order valence-electron chi connectivity index (χ3n) is 5.85. The Kier molecular flexibility index (Phi) is 5.09. The van der Waals surface area contributed by atoms with E-state index < -0.39 is 0 Å². The second kappa shape index (κ2) is 7.92. The second-order valence-electron chi connectivity index (χ2n) is 8.36. The molecule has 1 amide bonds. The fraction of sp³-hybridized carbons (Fsp3) is 0.391. The molecule has 5 rings (SSSR count). The SMILES string of the molecule is COc1cc2c(cc1Nc1ncnc3sc4c(c13)CCC(C(=O)NC(C)C)C4)C=NC2. The summed E-state index contributed by atoms with van der Waals surface area (Å²) in [6.07, 6.45) is 5.93. The summed E-state index contributed by atoms with van der Waals surface area (Å²) in [5, 5.41) is 7.59. The normalized spacial score (nSPS) is 17.0. The number of ether oxygens (including phenoxy) is 1. The number of thiophene rings is 1. The largest absolute Gasteiger partial charge is 0.495 e. The number of benzene rings is 1. The number of nitrogens with zero attached hydrogens (tertiary/aromatic N) is 3. The van der Waals surface area contributed by atoms with Crippen molar-refractivity contribution in [3.63, 3.8) is 0 Å². The van der Waals surface area contributed by atoms with Gasteiger partial charge in [0.2, 0.25) is 5.91 Å². The number of aliphatic imine (C=N–C) groups is 1. The van der Waals surface area contributed by atoms with Crippen LogP contribution in [0.15, 0.2) is 23.5 Å². The molecule has 7 nitrogen and oxygen atoms in total. The molecule has 8 heteroatoms. The summed E-state index contributed by atoms with van der Waals surface area (Å²) in [5.41, 5.74) is 4.38. The van der Waals surface area contributed by atoms with Crippen molar-refractivity contribution in [1.82, 2.24) is 15.3 Å². The molecule has 1 atom stereocenters. The average Bonchev–Trinajstić information content (AvgIpc) is 3.36. The number of anilines is 2. The van der Waals surface area contributed by atoms with Gasteiger partial charge in [0.05, 0.1) is 24.7 Å². The van der Waals surface area contributed by atoms with E-state index in [1.54, 1.807) is 24.8 Å². The van der Waals surface area contributed by atoms with Gasteiger partial charge in [-0.3, -0.25) is 9.79 Å². The number of aryl methyl sites for hydroxylation is 1. The monoisotopic (exact) mass is 435 g/mol. The number of amides is 1. The lowest BCUT2D eigenvalue weighted by Crippen LogP contribution is -2.37. The molecule has 2 N–H and O–H groups in total. The zero-order valence-electron chi connectivity index (χ0n) is 17.9. The molecular weight excluding hydrogens is 410 g/mol. The molecule has 0 bridgehead atoms. The van der Waals surface area contributed by atoms with Crippen molar-refractivity contribution >= 4 is 45.2 Å². The van der Waals surface area contributed by atoms with Gasteiger partial charge >= 0.3 is 0 Å². The lowest BCUT2D eigenvalue weighted by Gasteiger charge is -2.23. The maximum absolute atomic E-state index is 12.5. The van der Waals surface area contributed by atoms with E-state index in [1.165, 1.54) is 10.4 Å². The van der Waals surface area contributed by atoms with Crippen LogP contribution in [0.2, 0.25) is 0 Å². The first kappa shape index (κ1) is 19.9. The van der Waals surface area contributed by atoms with Gasteiger partial charge in [-0.05, 0) is 61.9 Å². The number of hydrogen-bond donors (Lipinski definition) is 2. The van der Waals surface area contributed by atoms with Gasteiger partial charge in [-0.25, -0.2) is 9.97 Å². The first-order valence-corrected chi connectivity index (χ1v) is 11.4. The van der Waals surface area contributed by atoms with Crippen molar-refractivity contribution in [2.75, 3.05) is 12.4 Å². The van der Waals surface area contributed by atoms with Gasteiger partial charge in [0.25, 0.3) is 0 Å². The number of aromatic nitrogens is 2. The second-order valence-corrected chi connectivity index (χ2v) is 9.44. The lowest BCUT2D eigenvalue weighted by atomic mass is 9.87. The van der Waals surface area contributed by atoms with Crippen LogP contribution in [-0.2, 0) is 24.2 Å². The van der Waals surface area contributed by atoms with E-state index >= 15 is 0 Å². The van der Waals surface area contributed by atoms with Gasteiger partial charge in [-0.2, -0.15) is 0 Å². The summed E-state index contributed by atoms with van der Waals surface area (Å²) in [6, 6.07) is 4.25. The summed E-state index contributed by atoms with van der Waals surface area (Å²) >= 11 is 1.67. The highest BCUT2D eigenvalue weighted by molar-refractivity contribution is 7.19. The van der Waals surface area contributed by atoms with E-state index in [0.717, 1.165) is 57.9 Å². The number of rotatable bonds is 5. The van der Waals surface area contributed by atoms with E-state index in [9.17, 15) is 4.79 Å². The number of methoxy groups -OCH3 is 1. The highest BCUT2D eigenvalue weighted by Gasteiger charge is 2.29. The highest BCUT2D eigenvalue weighted by Crippen LogP contribution is 2.41. The molecule has 0 radical (unpaired) electrons. The van der Waals surface area contributed by atoms with Gasteiger partial charge in [0.15, 0.2) is 0 Å². The standard InChI is InChI=1S/C23H25N5O2S/c1-12(2)27-22(29)13-4-5-16-19(8-13)31-23-20(16)21(25-11-26-23)28-17-6-14-9-24-10-15(14)7-18(17)30-3/h6-7,9,11-13H,4-5,8,10H2,1-3H3,(H,27,29)(H,25,26,28). The summed E-state index contributed by atoms with van der Waals surface area (Å²) in [5.74, 6) is 1.71. The lowest BCUT2D eigenvalue weighted by molar-refractivity contribution is -0.125. The predicted octanol–water partition coefficient (Wildman–Crippen LogP) is 4.01. The molecule has 1 aliphatic carbocycles. The Bertz CT molecular complexity index is 1200. The quantitative estimate of drug-likeness (QED) is 0.632. The smallest absolute Gasteiger partial charge is 0.223 e. The summed E-state index contributed by atoms with van der Waals surface area (Å²) in [7, 11) is 1.67. The molecule has 3 aromatic rings. The third-order valence-corrected chi connectivity index (χ3v) is 7.02. The topological polar surface area (TPSA) is 88.5 Å². The zero-order chi connectivity index (χ0) is 21.5. The molecule has 1 aliphatic heterocycles. The fourth-order valence-electron chi connectivity index (χ4n) is 4.36. The summed E-state index contributed by atoms with van der Waals surface area (Å²) in [6.45, 7) is 4.68. The van der Waals surface area contributed by atoms with Crippen LogP contribution in [0.1, 0.15) is 41.8 Å². The van der Waals surface area contributed by atoms with Crippen molar-refractivity contribution in [3.8, 4) is 5.75 Å². The first-order valence-electron chi connectivity index (χ1n) is 10.6. The summed E-state index contributed by atoms with van der Waals surface area (Å²) < 4.78 is 5.62. The van der Waals surface area contributed by atoms with Crippen LogP contribution < -0.4 is 15.4 Å². The Morgan fingerprint density at radius 2 is 2.16 bits per heavy atom. The van der Waals surface area contributed by atoms with Gasteiger partial charge in [0.1, 0.15) is 22.7 Å². The number of carbonyl (C=O) groups is 1. The third kappa shape index (κ3) is 3.65. The maximum atomic E-state index is 12.5. The van der Waals surface area contributed by atoms with Crippen molar-refractivity contribution in [2.45, 2.75) is 45.7 Å². The molecule has 3 heterocycles. The molecular formula is C23H25N5O2S. The number of nitrogens with one attached hydrogen (secondary N) is 2. The van der Waals surface area contributed by atoms with Gasteiger partial charge < -0.3 is 15.4 Å². The van der Waals surface area contributed by atoms with Crippen LogP contribution in [0.3, 0.4) is 0 Å². The molecule has 0 saturated carbocycles. The Morgan fingerprint density at radius 1 is 1.29 bits per heavy atom. The van der Waals surface area contributed by atoms with Gasteiger partial charge in [-0.1, -0.05) is 0 Å². The van der Waals surface area contributed by atoms with E-state index in [2.05, 4.69) is 31.7 Å². The van der Waals surface area contributed by atoms with Crippen molar-refractivity contribution in [3.05, 3.63) is 40.0 Å². The molecule has 2 aliphatic rings. The zero-order valence-corrected chi connectivity index (χ0v) is 18.7. The minimum absolute atomic E-state index is 0.0171. The van der Waals surface area contributed by atoms with Crippen LogP contribution in [0.25, 0.3) is 10.2 Å². The molecule has 160 valence electrons. The van der Waals surface area contributed by atoms with Crippen LogP contribution in [0.5, 0.6) is 5.75 Å². The molecule has 2 aromatic heterocycles. The minimum atomic E-state index is 0.0171. The maximum Gasteiger partial charge on any atom is 0.223 e. The predicted molar refractivity (Wildman–Crippen MR) is 124 cm³/mol. The minimum Gasteiger partial charge on any atom is -0.495 e. The van der Waals surface area contributed by atoms with Crippen LogP contribution in [0, 0.1) is 5.92 Å². The Labute approximate surface area is 185 Å². The van der Waals surface area contributed by atoms with Crippen LogP contribution >= 0.6 is 11.3 Å². The van der Waals surface area contributed by atoms with E-state index in [1.807, 2.05) is 26.1 Å². The van der Waals surface area contributed by atoms with Gasteiger partial charge in [0, 0.05) is 23.1 Å².